The van der Waals surface area contributed by atoms with E-state index in [-0.39, 0.29) is 49.0 Å². The van der Waals surface area contributed by atoms with Crippen LogP contribution < -0.4 is 28.6 Å². The second-order valence-electron chi connectivity index (χ2n) is 17.1. The molecule has 0 bridgehead atoms. The zero-order valence-electron chi connectivity index (χ0n) is 36.4. The molecule has 0 N–H and O–H groups in total. The lowest BCUT2D eigenvalue weighted by Crippen LogP contribution is -2.55. The minimum Gasteiger partial charge on any atom is -0.452 e. The van der Waals surface area contributed by atoms with Crippen molar-refractivity contribution in [2.45, 2.75) is 69.4 Å². The Labute approximate surface area is 375 Å². The van der Waals surface area contributed by atoms with E-state index in [1.165, 1.54) is 6.08 Å². The van der Waals surface area contributed by atoms with Gasteiger partial charge in [0.25, 0.3) is 5.79 Å². The number of benzene rings is 4. The predicted octanol–water partition coefficient (Wildman–Crippen LogP) is 8.62. The van der Waals surface area contributed by atoms with Crippen molar-refractivity contribution in [1.29, 1.82) is 0 Å². The van der Waals surface area contributed by atoms with Crippen molar-refractivity contribution in [3.8, 4) is 34.5 Å². The summed E-state index contributed by atoms with van der Waals surface area (Å²) in [7, 11) is 0. The minimum atomic E-state index is -1.04. The van der Waals surface area contributed by atoms with Crippen molar-refractivity contribution in [3.05, 3.63) is 119 Å². The van der Waals surface area contributed by atoms with Gasteiger partial charge in [0.1, 0.15) is 47.6 Å². The Morgan fingerprint density at radius 1 is 0.615 bits per heavy atom. The second-order valence-corrected chi connectivity index (χ2v) is 17.1. The Bertz CT molecular complexity index is 2380. The molecule has 4 aliphatic rings. The van der Waals surface area contributed by atoms with Crippen LogP contribution in [0.4, 0.5) is 9.59 Å². The lowest BCUT2D eigenvalue weighted by Gasteiger charge is -2.51. The number of rotatable bonds is 18. The number of hydrogen-bond donors (Lipinski definition) is 0. The van der Waals surface area contributed by atoms with Gasteiger partial charge >= 0.3 is 18.3 Å². The third-order valence-electron chi connectivity index (χ3n) is 10.7. The first kappa shape index (κ1) is 45.1. The van der Waals surface area contributed by atoms with E-state index in [9.17, 15) is 14.4 Å². The molecule has 2 fully saturated rings. The van der Waals surface area contributed by atoms with Gasteiger partial charge in [0.05, 0.1) is 26.4 Å². The summed E-state index contributed by atoms with van der Waals surface area (Å²) in [6, 6.07) is 24.4. The van der Waals surface area contributed by atoms with E-state index >= 15 is 0 Å². The van der Waals surface area contributed by atoms with Crippen molar-refractivity contribution in [1.82, 2.24) is 0 Å². The normalized spacial score (nSPS) is 20.7. The average Bonchev–Trinajstić information content (AvgIpc) is 4.21. The minimum absolute atomic E-state index is 0.0634. The SMILES string of the molecule is CC1(C)CC2(CC(C)(C)c3ccc(OC(=O)/C=C/c4ccc(OC(=O)OCOCC5CO5)cc4)cc3O2)Oc2cc(OOC/C=C\c3ccc(OC(=O)OCOCC4CO4)cc3)ccc21. The maximum Gasteiger partial charge on any atom is 0.515 e. The molecule has 8 rings (SSSR count). The number of esters is 1. The Kier molecular flexibility index (Phi) is 13.7. The van der Waals surface area contributed by atoms with E-state index in [4.69, 9.17) is 61.9 Å². The lowest BCUT2D eigenvalue weighted by atomic mass is 9.69. The molecule has 65 heavy (non-hydrogen) atoms. The Balaban J connectivity index is 0.826. The van der Waals surface area contributed by atoms with Crippen LogP contribution in [0.1, 0.15) is 62.8 Å². The molecule has 3 atom stereocenters. The van der Waals surface area contributed by atoms with Gasteiger partial charge in [-0.1, -0.05) is 76.2 Å². The van der Waals surface area contributed by atoms with Gasteiger partial charge in [0, 0.05) is 53.0 Å². The highest BCUT2D eigenvalue weighted by molar-refractivity contribution is 5.88. The van der Waals surface area contributed by atoms with E-state index in [0.29, 0.717) is 73.6 Å². The Morgan fingerprint density at radius 2 is 1.09 bits per heavy atom. The van der Waals surface area contributed by atoms with Gasteiger partial charge in [-0.15, -0.1) is 0 Å². The highest BCUT2D eigenvalue weighted by atomic mass is 17.2. The molecule has 1 spiro atoms. The number of carbonyl (C=O) groups excluding carboxylic acids is 3. The fourth-order valence-electron chi connectivity index (χ4n) is 7.63. The first-order valence-corrected chi connectivity index (χ1v) is 21.1. The van der Waals surface area contributed by atoms with Crippen LogP contribution in [0.5, 0.6) is 34.5 Å². The van der Waals surface area contributed by atoms with E-state index in [2.05, 4.69) is 27.7 Å². The zero-order chi connectivity index (χ0) is 45.4. The summed E-state index contributed by atoms with van der Waals surface area (Å²) in [6.07, 6.45) is 6.03. The van der Waals surface area contributed by atoms with Gasteiger partial charge < -0.3 is 57.0 Å². The van der Waals surface area contributed by atoms with Crippen molar-refractivity contribution in [3.63, 3.8) is 0 Å². The third-order valence-corrected chi connectivity index (χ3v) is 10.7. The molecule has 342 valence electrons. The van der Waals surface area contributed by atoms with E-state index in [1.807, 2.05) is 24.3 Å². The molecular formula is C49H50O16. The summed E-state index contributed by atoms with van der Waals surface area (Å²) in [6.45, 7) is 10.3. The maximum atomic E-state index is 12.9. The molecule has 0 saturated carbocycles. The topological polar surface area (TPSA) is 178 Å². The smallest absolute Gasteiger partial charge is 0.452 e. The molecule has 2 saturated heterocycles. The van der Waals surface area contributed by atoms with Gasteiger partial charge in [0.15, 0.2) is 19.3 Å². The number of ether oxygens (including phenoxy) is 11. The van der Waals surface area contributed by atoms with Gasteiger partial charge in [-0.25, -0.2) is 14.4 Å². The molecule has 16 heteroatoms. The molecule has 0 amide bonds. The van der Waals surface area contributed by atoms with Crippen LogP contribution in [-0.2, 0) is 48.9 Å². The van der Waals surface area contributed by atoms with Gasteiger partial charge in [-0.2, -0.15) is 4.89 Å². The summed E-state index contributed by atoms with van der Waals surface area (Å²) in [5, 5.41) is 0. The van der Waals surface area contributed by atoms with E-state index < -0.39 is 24.1 Å². The Hall–Kier alpha value is -6.43. The summed E-state index contributed by atoms with van der Waals surface area (Å²) in [5.41, 5.74) is 2.79. The summed E-state index contributed by atoms with van der Waals surface area (Å²) < 4.78 is 59.7. The lowest BCUT2D eigenvalue weighted by molar-refractivity contribution is -0.196. The number of hydrogen-bond acceptors (Lipinski definition) is 16. The fourth-order valence-corrected chi connectivity index (χ4v) is 7.63. The second kappa shape index (κ2) is 19.8. The van der Waals surface area contributed by atoms with E-state index in [1.54, 1.807) is 78.9 Å². The van der Waals surface area contributed by atoms with Crippen LogP contribution in [0.3, 0.4) is 0 Å². The molecule has 0 aromatic heterocycles. The van der Waals surface area contributed by atoms with Gasteiger partial charge in [0.2, 0.25) is 0 Å². The highest BCUT2D eigenvalue weighted by Crippen LogP contribution is 2.54. The van der Waals surface area contributed by atoms with Crippen molar-refractivity contribution in [2.24, 2.45) is 0 Å². The van der Waals surface area contributed by atoms with Gasteiger partial charge in [-0.05, 0) is 53.6 Å². The fraction of sp³-hybridized carbons (Fsp3) is 0.367. The third kappa shape index (κ3) is 12.6. The summed E-state index contributed by atoms with van der Waals surface area (Å²) in [5.74, 6) is 0.900. The predicted molar refractivity (Wildman–Crippen MR) is 231 cm³/mol. The number of fused-ring (bicyclic) bond motifs is 2. The van der Waals surface area contributed by atoms with Crippen molar-refractivity contribution in [2.75, 3.05) is 46.6 Å². The van der Waals surface area contributed by atoms with Crippen molar-refractivity contribution < 1.29 is 76.3 Å². The van der Waals surface area contributed by atoms with Gasteiger partial charge in [-0.3, -0.25) is 0 Å². The van der Waals surface area contributed by atoms with Crippen LogP contribution >= 0.6 is 0 Å². The molecule has 4 aromatic carbocycles. The average molecular weight is 895 g/mol. The molecule has 4 aromatic rings. The number of carbonyl (C=O) groups is 3. The number of epoxide rings is 2. The summed E-state index contributed by atoms with van der Waals surface area (Å²) >= 11 is 0. The highest BCUT2D eigenvalue weighted by Gasteiger charge is 2.53. The molecule has 4 aliphatic heterocycles. The van der Waals surface area contributed by atoms with Crippen LogP contribution in [0, 0.1) is 0 Å². The zero-order valence-corrected chi connectivity index (χ0v) is 36.4. The van der Waals surface area contributed by atoms with Crippen LogP contribution in [0.15, 0.2) is 97.1 Å². The quantitative estimate of drug-likeness (QED) is 0.0107. The molecule has 16 nitrogen and oxygen atoms in total. The molecule has 0 radical (unpaired) electrons. The maximum absolute atomic E-state index is 12.9. The molecule has 0 aliphatic carbocycles. The summed E-state index contributed by atoms with van der Waals surface area (Å²) in [4.78, 5) is 47.9. The van der Waals surface area contributed by atoms with Crippen LogP contribution in [-0.4, -0.2) is 82.9 Å². The Morgan fingerprint density at radius 3 is 1.62 bits per heavy atom. The van der Waals surface area contributed by atoms with Crippen LogP contribution in [0.25, 0.3) is 12.2 Å². The van der Waals surface area contributed by atoms with Crippen LogP contribution in [0.2, 0.25) is 0 Å². The molecule has 4 heterocycles. The first-order chi connectivity index (χ1) is 31.3. The standard InChI is InChI=1S/C49H50O16/c1-47(2)28-49(63-42-22-36(16-18-40(42)47)60-44(50)20-11-33-9-14-35(15-10-33)62-46(52)58-31-54-25-39-27-56-39)29-48(3,4)41-19-17-37(23-43(41)64-49)65-59-21-5-6-32-7-12-34(13-8-32)61-45(51)57-30-53-24-38-26-55-38/h5-20,22-23,38-39H,21,24-31H2,1-4H3/b6-5-,20-11+. The van der Waals surface area contributed by atoms with Crippen molar-refractivity contribution >= 4 is 30.4 Å². The molecule has 3 unspecified atom stereocenters. The first-order valence-electron chi connectivity index (χ1n) is 21.1. The molecular weight excluding hydrogens is 845 g/mol. The largest absolute Gasteiger partial charge is 0.515 e. The van der Waals surface area contributed by atoms with E-state index in [0.717, 1.165) is 16.7 Å². The monoisotopic (exact) mass is 894 g/mol.